The van der Waals surface area contributed by atoms with Gasteiger partial charge < -0.3 is 10.1 Å². The van der Waals surface area contributed by atoms with Gasteiger partial charge in [0.25, 0.3) is 0 Å². The molecule has 1 aliphatic carbocycles. The summed E-state index contributed by atoms with van der Waals surface area (Å²) in [6, 6.07) is 6.70. The third-order valence-corrected chi connectivity index (χ3v) is 4.28. The van der Waals surface area contributed by atoms with E-state index in [-0.39, 0.29) is 5.41 Å². The standard InChI is InChI=1S/C17H28N2O/c1-12(2)11-20-16-9-15(17(16,4)5)18-10-14-8-6-7-13(3)19-14/h6-8,12,15-16,18H,9-11H2,1-5H3. The molecule has 112 valence electrons. The van der Waals surface area contributed by atoms with Crippen LogP contribution in [-0.2, 0) is 11.3 Å². The van der Waals surface area contributed by atoms with Crippen molar-refractivity contribution in [3.8, 4) is 0 Å². The van der Waals surface area contributed by atoms with E-state index in [1.165, 1.54) is 0 Å². The number of hydrogen-bond acceptors (Lipinski definition) is 3. The Balaban J connectivity index is 1.81. The molecule has 0 spiro atoms. The van der Waals surface area contributed by atoms with Crippen LogP contribution in [0.25, 0.3) is 0 Å². The van der Waals surface area contributed by atoms with E-state index in [1.54, 1.807) is 0 Å². The molecule has 2 rings (SSSR count). The molecular formula is C17H28N2O. The fourth-order valence-electron chi connectivity index (χ4n) is 2.75. The SMILES string of the molecule is Cc1cccc(CNC2CC(OCC(C)C)C2(C)C)n1. The Morgan fingerprint density at radius 3 is 2.75 bits per heavy atom. The van der Waals surface area contributed by atoms with Gasteiger partial charge in [0.15, 0.2) is 0 Å². The fraction of sp³-hybridized carbons (Fsp3) is 0.706. The lowest BCUT2D eigenvalue weighted by Crippen LogP contribution is -2.60. The highest BCUT2D eigenvalue weighted by atomic mass is 16.5. The summed E-state index contributed by atoms with van der Waals surface area (Å²) in [5.74, 6) is 0.606. The Morgan fingerprint density at radius 1 is 1.40 bits per heavy atom. The second-order valence-corrected chi connectivity index (χ2v) is 6.98. The number of nitrogens with zero attached hydrogens (tertiary/aromatic N) is 1. The lowest BCUT2D eigenvalue weighted by atomic mass is 9.64. The minimum atomic E-state index is 0.207. The van der Waals surface area contributed by atoms with Gasteiger partial charge in [-0.15, -0.1) is 0 Å². The molecular weight excluding hydrogens is 248 g/mol. The predicted octanol–water partition coefficient (Wildman–Crippen LogP) is 3.32. The van der Waals surface area contributed by atoms with E-state index in [9.17, 15) is 0 Å². The Kier molecular flexibility index (Phi) is 4.82. The van der Waals surface area contributed by atoms with Crippen LogP contribution in [-0.4, -0.2) is 23.7 Å². The van der Waals surface area contributed by atoms with Crippen molar-refractivity contribution >= 4 is 0 Å². The van der Waals surface area contributed by atoms with E-state index in [1.807, 2.05) is 13.0 Å². The van der Waals surface area contributed by atoms with Gasteiger partial charge in [-0.3, -0.25) is 4.98 Å². The first-order valence-corrected chi connectivity index (χ1v) is 7.67. The van der Waals surface area contributed by atoms with Crippen LogP contribution in [0.15, 0.2) is 18.2 Å². The van der Waals surface area contributed by atoms with Crippen molar-refractivity contribution in [1.29, 1.82) is 0 Å². The van der Waals surface area contributed by atoms with Crippen LogP contribution in [0.4, 0.5) is 0 Å². The van der Waals surface area contributed by atoms with Crippen molar-refractivity contribution in [2.45, 2.75) is 59.7 Å². The molecule has 1 aromatic heterocycles. The largest absolute Gasteiger partial charge is 0.377 e. The van der Waals surface area contributed by atoms with E-state index in [0.717, 1.165) is 31.0 Å². The second kappa shape index (κ2) is 6.23. The smallest absolute Gasteiger partial charge is 0.0656 e. The molecule has 0 aromatic carbocycles. The van der Waals surface area contributed by atoms with Crippen LogP contribution >= 0.6 is 0 Å². The maximum atomic E-state index is 6.00. The number of ether oxygens (including phenoxy) is 1. The first kappa shape index (κ1) is 15.5. The molecule has 3 nitrogen and oxygen atoms in total. The second-order valence-electron chi connectivity index (χ2n) is 6.98. The summed E-state index contributed by atoms with van der Waals surface area (Å²) in [5.41, 5.74) is 2.40. The highest BCUT2D eigenvalue weighted by Crippen LogP contribution is 2.43. The number of hydrogen-bond donors (Lipinski definition) is 1. The third kappa shape index (κ3) is 3.58. The maximum absolute atomic E-state index is 6.00. The lowest BCUT2D eigenvalue weighted by Gasteiger charge is -2.52. The number of aryl methyl sites for hydroxylation is 1. The van der Waals surface area contributed by atoms with Gasteiger partial charge >= 0.3 is 0 Å². The van der Waals surface area contributed by atoms with Crippen molar-refractivity contribution < 1.29 is 4.74 Å². The molecule has 0 aliphatic heterocycles. The average Bonchev–Trinajstić information content (AvgIpc) is 2.36. The van der Waals surface area contributed by atoms with Gasteiger partial charge in [-0.25, -0.2) is 0 Å². The van der Waals surface area contributed by atoms with Crippen molar-refractivity contribution in [2.75, 3.05) is 6.61 Å². The summed E-state index contributed by atoms with van der Waals surface area (Å²) in [7, 11) is 0. The van der Waals surface area contributed by atoms with Gasteiger partial charge in [-0.05, 0) is 31.4 Å². The van der Waals surface area contributed by atoms with E-state index in [2.05, 4.69) is 50.1 Å². The van der Waals surface area contributed by atoms with E-state index in [4.69, 9.17) is 4.74 Å². The van der Waals surface area contributed by atoms with E-state index < -0.39 is 0 Å². The lowest BCUT2D eigenvalue weighted by molar-refractivity contribution is -0.124. The molecule has 0 saturated heterocycles. The summed E-state index contributed by atoms with van der Waals surface area (Å²) in [6.45, 7) is 12.7. The number of aromatic nitrogens is 1. The molecule has 1 fully saturated rings. The number of pyridine rings is 1. The molecule has 2 unspecified atom stereocenters. The monoisotopic (exact) mass is 276 g/mol. The molecule has 1 N–H and O–H groups in total. The van der Waals surface area contributed by atoms with Crippen LogP contribution in [0.1, 0.15) is 45.5 Å². The minimum Gasteiger partial charge on any atom is -0.377 e. The molecule has 20 heavy (non-hydrogen) atoms. The van der Waals surface area contributed by atoms with Crippen LogP contribution in [0, 0.1) is 18.3 Å². The highest BCUT2D eigenvalue weighted by molar-refractivity contribution is 5.11. The molecule has 0 bridgehead atoms. The van der Waals surface area contributed by atoms with Crippen molar-refractivity contribution in [3.05, 3.63) is 29.6 Å². The Bertz CT molecular complexity index is 442. The number of rotatable bonds is 6. The normalized spacial score (nSPS) is 24.7. The van der Waals surface area contributed by atoms with Crippen LogP contribution in [0.3, 0.4) is 0 Å². The van der Waals surface area contributed by atoms with Gasteiger partial charge in [0.05, 0.1) is 11.8 Å². The fourth-order valence-corrected chi connectivity index (χ4v) is 2.75. The van der Waals surface area contributed by atoms with Crippen LogP contribution in [0.2, 0.25) is 0 Å². The first-order chi connectivity index (χ1) is 9.39. The summed E-state index contributed by atoms with van der Waals surface area (Å²) in [4.78, 5) is 4.54. The highest BCUT2D eigenvalue weighted by Gasteiger charge is 2.48. The molecule has 1 saturated carbocycles. The van der Waals surface area contributed by atoms with E-state index in [0.29, 0.717) is 18.1 Å². The quantitative estimate of drug-likeness (QED) is 0.865. The predicted molar refractivity (Wildman–Crippen MR) is 82.6 cm³/mol. The molecule has 0 radical (unpaired) electrons. The molecule has 0 amide bonds. The number of nitrogens with one attached hydrogen (secondary N) is 1. The zero-order valence-corrected chi connectivity index (χ0v) is 13.4. The van der Waals surface area contributed by atoms with Gasteiger partial charge in [-0.1, -0.05) is 33.8 Å². The summed E-state index contributed by atoms with van der Waals surface area (Å²) < 4.78 is 6.00. The average molecular weight is 276 g/mol. The molecule has 2 atom stereocenters. The maximum Gasteiger partial charge on any atom is 0.0656 e. The summed E-state index contributed by atoms with van der Waals surface area (Å²) in [5, 5.41) is 3.63. The molecule has 3 heteroatoms. The van der Waals surface area contributed by atoms with Crippen LogP contribution < -0.4 is 5.32 Å². The van der Waals surface area contributed by atoms with E-state index >= 15 is 0 Å². The molecule has 1 heterocycles. The third-order valence-electron chi connectivity index (χ3n) is 4.28. The van der Waals surface area contributed by atoms with Crippen molar-refractivity contribution in [1.82, 2.24) is 10.3 Å². The summed E-state index contributed by atoms with van der Waals surface area (Å²) in [6.07, 6.45) is 1.48. The zero-order chi connectivity index (χ0) is 14.8. The topological polar surface area (TPSA) is 34.1 Å². The van der Waals surface area contributed by atoms with Crippen molar-refractivity contribution in [2.24, 2.45) is 11.3 Å². The molecule has 1 aliphatic rings. The Morgan fingerprint density at radius 2 is 2.15 bits per heavy atom. The Hall–Kier alpha value is -0.930. The first-order valence-electron chi connectivity index (χ1n) is 7.67. The van der Waals surface area contributed by atoms with Gasteiger partial charge in [0.2, 0.25) is 0 Å². The molecule has 1 aromatic rings. The van der Waals surface area contributed by atoms with Crippen molar-refractivity contribution in [3.63, 3.8) is 0 Å². The van der Waals surface area contributed by atoms with Gasteiger partial charge in [0, 0.05) is 30.3 Å². The Labute approximate surface area is 123 Å². The van der Waals surface area contributed by atoms with Crippen LogP contribution in [0.5, 0.6) is 0 Å². The van der Waals surface area contributed by atoms with Gasteiger partial charge in [-0.2, -0.15) is 0 Å². The minimum absolute atomic E-state index is 0.207. The zero-order valence-electron chi connectivity index (χ0n) is 13.4. The van der Waals surface area contributed by atoms with Gasteiger partial charge in [0.1, 0.15) is 0 Å². The summed E-state index contributed by atoms with van der Waals surface area (Å²) >= 11 is 0.